The highest BCUT2D eigenvalue weighted by Gasteiger charge is 2.06. The molecule has 3 nitrogen and oxygen atoms in total. The van der Waals surface area contributed by atoms with Crippen molar-refractivity contribution in [2.24, 2.45) is 11.8 Å². The van der Waals surface area contributed by atoms with Gasteiger partial charge in [0.15, 0.2) is 0 Å². The van der Waals surface area contributed by atoms with Gasteiger partial charge in [-0.2, -0.15) is 0 Å². The maximum absolute atomic E-state index is 10.6. The number of aliphatic carboxylic acids is 1. The van der Waals surface area contributed by atoms with Gasteiger partial charge in [0, 0.05) is 6.54 Å². The Balaban J connectivity index is 2.37. The van der Waals surface area contributed by atoms with Gasteiger partial charge in [-0.15, -0.1) is 0 Å². The summed E-state index contributed by atoms with van der Waals surface area (Å²) < 4.78 is 0. The summed E-state index contributed by atoms with van der Waals surface area (Å²) in [5.41, 5.74) is 2.04. The second-order valence-corrected chi connectivity index (χ2v) is 5.24. The fraction of sp³-hybridized carbons (Fsp3) is 0.533. The molecule has 0 radical (unpaired) electrons. The monoisotopic (exact) mass is 249 g/mol. The SMILES string of the molecule is CC(C)C(C)CNCc1ccc(CC(=O)O)cc1. The Labute approximate surface area is 109 Å². The Hall–Kier alpha value is -1.35. The predicted molar refractivity (Wildman–Crippen MR) is 73.5 cm³/mol. The largest absolute Gasteiger partial charge is 0.481 e. The van der Waals surface area contributed by atoms with Crippen LogP contribution in [0.1, 0.15) is 31.9 Å². The molecule has 18 heavy (non-hydrogen) atoms. The van der Waals surface area contributed by atoms with E-state index in [0.29, 0.717) is 11.8 Å². The minimum Gasteiger partial charge on any atom is -0.481 e. The van der Waals surface area contributed by atoms with Crippen molar-refractivity contribution in [3.63, 3.8) is 0 Å². The summed E-state index contributed by atoms with van der Waals surface area (Å²) in [4.78, 5) is 10.6. The van der Waals surface area contributed by atoms with Crippen molar-refractivity contribution >= 4 is 5.97 Å². The van der Waals surface area contributed by atoms with Crippen LogP contribution in [0.3, 0.4) is 0 Å². The molecule has 1 aromatic rings. The molecular weight excluding hydrogens is 226 g/mol. The van der Waals surface area contributed by atoms with Crippen LogP contribution in [0.5, 0.6) is 0 Å². The predicted octanol–water partition coefficient (Wildman–Crippen LogP) is 2.70. The molecule has 100 valence electrons. The minimum absolute atomic E-state index is 0.0953. The Morgan fingerprint density at radius 2 is 1.72 bits per heavy atom. The zero-order valence-electron chi connectivity index (χ0n) is 11.4. The van der Waals surface area contributed by atoms with Gasteiger partial charge in [0.1, 0.15) is 0 Å². The molecule has 0 saturated carbocycles. The summed E-state index contributed by atoms with van der Waals surface area (Å²) in [6, 6.07) is 7.75. The smallest absolute Gasteiger partial charge is 0.307 e. The third-order valence-corrected chi connectivity index (χ3v) is 3.31. The summed E-state index contributed by atoms with van der Waals surface area (Å²) in [5.74, 6) is 0.568. The van der Waals surface area contributed by atoms with Crippen LogP contribution in [0.15, 0.2) is 24.3 Å². The molecule has 2 N–H and O–H groups in total. The highest BCUT2D eigenvalue weighted by molar-refractivity contribution is 5.70. The van der Waals surface area contributed by atoms with Crippen molar-refractivity contribution in [2.75, 3.05) is 6.54 Å². The van der Waals surface area contributed by atoms with Crippen molar-refractivity contribution in [3.05, 3.63) is 35.4 Å². The van der Waals surface area contributed by atoms with Gasteiger partial charge < -0.3 is 10.4 Å². The lowest BCUT2D eigenvalue weighted by Gasteiger charge is -2.16. The lowest BCUT2D eigenvalue weighted by Crippen LogP contribution is -2.23. The Kier molecular flexibility index (Phi) is 5.86. The number of carboxylic acids is 1. The third kappa shape index (κ3) is 5.32. The Morgan fingerprint density at radius 1 is 1.17 bits per heavy atom. The fourth-order valence-corrected chi connectivity index (χ4v) is 1.63. The van der Waals surface area contributed by atoms with E-state index in [4.69, 9.17) is 5.11 Å². The molecule has 1 aromatic carbocycles. The van der Waals surface area contributed by atoms with E-state index in [0.717, 1.165) is 18.7 Å². The highest BCUT2D eigenvalue weighted by Crippen LogP contribution is 2.09. The molecule has 0 aromatic heterocycles. The number of rotatable bonds is 7. The van der Waals surface area contributed by atoms with Crippen LogP contribution in [0.4, 0.5) is 0 Å². The number of benzene rings is 1. The first-order chi connectivity index (χ1) is 8.49. The van der Waals surface area contributed by atoms with E-state index in [1.807, 2.05) is 24.3 Å². The van der Waals surface area contributed by atoms with Gasteiger partial charge in [-0.05, 0) is 29.5 Å². The van der Waals surface area contributed by atoms with Gasteiger partial charge in [-0.3, -0.25) is 4.79 Å². The molecule has 3 heteroatoms. The quantitative estimate of drug-likeness (QED) is 0.781. The molecule has 0 fully saturated rings. The van der Waals surface area contributed by atoms with E-state index in [2.05, 4.69) is 26.1 Å². The van der Waals surface area contributed by atoms with E-state index in [1.165, 1.54) is 5.56 Å². The van der Waals surface area contributed by atoms with Crippen LogP contribution in [-0.2, 0) is 17.8 Å². The number of carbonyl (C=O) groups is 1. The average Bonchev–Trinajstić information content (AvgIpc) is 2.30. The Morgan fingerprint density at radius 3 is 2.22 bits per heavy atom. The van der Waals surface area contributed by atoms with Crippen molar-refractivity contribution < 1.29 is 9.90 Å². The van der Waals surface area contributed by atoms with Gasteiger partial charge in [-0.1, -0.05) is 45.0 Å². The van der Waals surface area contributed by atoms with Crippen LogP contribution in [-0.4, -0.2) is 17.6 Å². The summed E-state index contributed by atoms with van der Waals surface area (Å²) in [6.07, 6.45) is 0.0953. The van der Waals surface area contributed by atoms with Gasteiger partial charge in [0.2, 0.25) is 0 Å². The van der Waals surface area contributed by atoms with Crippen molar-refractivity contribution in [2.45, 2.75) is 33.7 Å². The molecule has 0 saturated heterocycles. The van der Waals surface area contributed by atoms with Crippen LogP contribution < -0.4 is 5.32 Å². The first kappa shape index (κ1) is 14.7. The first-order valence-corrected chi connectivity index (χ1v) is 6.49. The van der Waals surface area contributed by atoms with E-state index in [-0.39, 0.29) is 6.42 Å². The number of hydrogen-bond donors (Lipinski definition) is 2. The summed E-state index contributed by atoms with van der Waals surface area (Å²) >= 11 is 0. The molecule has 0 spiro atoms. The molecule has 1 unspecified atom stereocenters. The summed E-state index contributed by atoms with van der Waals surface area (Å²) in [7, 11) is 0. The van der Waals surface area contributed by atoms with Crippen LogP contribution in [0.2, 0.25) is 0 Å². The normalized spacial score (nSPS) is 12.7. The average molecular weight is 249 g/mol. The molecule has 0 amide bonds. The molecule has 1 atom stereocenters. The van der Waals surface area contributed by atoms with E-state index in [1.54, 1.807) is 0 Å². The second-order valence-electron chi connectivity index (χ2n) is 5.24. The molecule has 0 aliphatic rings. The van der Waals surface area contributed by atoms with Crippen LogP contribution >= 0.6 is 0 Å². The molecule has 0 aliphatic heterocycles. The molecule has 0 aliphatic carbocycles. The van der Waals surface area contributed by atoms with Gasteiger partial charge in [-0.25, -0.2) is 0 Å². The van der Waals surface area contributed by atoms with E-state index < -0.39 is 5.97 Å². The number of hydrogen-bond acceptors (Lipinski definition) is 2. The lowest BCUT2D eigenvalue weighted by atomic mass is 9.98. The first-order valence-electron chi connectivity index (χ1n) is 6.49. The summed E-state index contributed by atoms with van der Waals surface area (Å²) in [5, 5.41) is 12.1. The van der Waals surface area contributed by atoms with E-state index in [9.17, 15) is 4.79 Å². The third-order valence-electron chi connectivity index (χ3n) is 3.31. The summed E-state index contributed by atoms with van der Waals surface area (Å²) in [6.45, 7) is 8.55. The zero-order chi connectivity index (χ0) is 13.5. The fourth-order valence-electron chi connectivity index (χ4n) is 1.63. The molecule has 1 rings (SSSR count). The lowest BCUT2D eigenvalue weighted by molar-refractivity contribution is -0.136. The standard InChI is InChI=1S/C15H23NO2/c1-11(2)12(3)9-16-10-14-6-4-13(5-7-14)8-15(17)18/h4-7,11-12,16H,8-10H2,1-3H3,(H,17,18). The Bertz CT molecular complexity index is 371. The molecule has 0 heterocycles. The van der Waals surface area contributed by atoms with Crippen molar-refractivity contribution in [3.8, 4) is 0 Å². The maximum Gasteiger partial charge on any atom is 0.307 e. The van der Waals surface area contributed by atoms with Crippen LogP contribution in [0, 0.1) is 11.8 Å². The molecular formula is C15H23NO2. The zero-order valence-corrected chi connectivity index (χ0v) is 11.4. The highest BCUT2D eigenvalue weighted by atomic mass is 16.4. The number of carboxylic acid groups (broad SMARTS) is 1. The molecule has 0 bridgehead atoms. The second kappa shape index (κ2) is 7.17. The minimum atomic E-state index is -0.786. The van der Waals surface area contributed by atoms with Crippen LogP contribution in [0.25, 0.3) is 0 Å². The maximum atomic E-state index is 10.6. The van der Waals surface area contributed by atoms with Gasteiger partial charge in [0.05, 0.1) is 6.42 Å². The van der Waals surface area contributed by atoms with Crippen molar-refractivity contribution in [1.82, 2.24) is 5.32 Å². The van der Waals surface area contributed by atoms with Crippen molar-refractivity contribution in [1.29, 1.82) is 0 Å². The number of nitrogens with one attached hydrogen (secondary N) is 1. The van der Waals surface area contributed by atoms with Gasteiger partial charge >= 0.3 is 5.97 Å². The van der Waals surface area contributed by atoms with Gasteiger partial charge in [0.25, 0.3) is 0 Å². The topological polar surface area (TPSA) is 49.3 Å². The van der Waals surface area contributed by atoms with E-state index >= 15 is 0 Å².